The lowest BCUT2D eigenvalue weighted by molar-refractivity contribution is 0.0437. The van der Waals surface area contributed by atoms with Crippen molar-refractivity contribution in [3.63, 3.8) is 0 Å². The fourth-order valence-electron chi connectivity index (χ4n) is 2.22. The third kappa shape index (κ3) is 2.45. The van der Waals surface area contributed by atoms with Crippen molar-refractivity contribution in [2.45, 2.75) is 6.23 Å². The van der Waals surface area contributed by atoms with Crippen LogP contribution in [0.15, 0.2) is 48.5 Å². The Balaban J connectivity index is 1.79. The van der Waals surface area contributed by atoms with Crippen molar-refractivity contribution in [2.75, 3.05) is 12.4 Å². The topological polar surface area (TPSA) is 64.6 Å². The average Bonchev–Trinajstić information content (AvgIpc) is 2.84. The van der Waals surface area contributed by atoms with Gasteiger partial charge in [-0.05, 0) is 30.3 Å². The zero-order chi connectivity index (χ0) is 14.8. The highest BCUT2D eigenvalue weighted by atomic mass is 16.6. The first kappa shape index (κ1) is 13.2. The van der Waals surface area contributed by atoms with Gasteiger partial charge in [-0.25, -0.2) is 9.59 Å². The molecule has 0 radical (unpaired) electrons. The first-order chi connectivity index (χ1) is 10.2. The van der Waals surface area contributed by atoms with Crippen LogP contribution in [0.2, 0.25) is 0 Å². The molecule has 0 amide bonds. The minimum Gasteiger partial charge on any atom is -0.465 e. The molecule has 2 aromatic rings. The Morgan fingerprint density at radius 3 is 2.57 bits per heavy atom. The number of carbonyl (C=O) groups excluding carboxylic acids is 2. The Morgan fingerprint density at radius 1 is 1.14 bits per heavy atom. The number of ether oxygens (including phenoxy) is 2. The molecule has 21 heavy (non-hydrogen) atoms. The van der Waals surface area contributed by atoms with Crippen molar-refractivity contribution in [1.29, 1.82) is 0 Å². The van der Waals surface area contributed by atoms with E-state index >= 15 is 0 Å². The second kappa shape index (κ2) is 5.28. The maximum Gasteiger partial charge on any atom is 0.340 e. The van der Waals surface area contributed by atoms with E-state index in [2.05, 4.69) is 10.1 Å². The Bertz CT molecular complexity index is 694. The fourth-order valence-corrected chi connectivity index (χ4v) is 2.22. The Labute approximate surface area is 121 Å². The molecule has 0 aromatic heterocycles. The van der Waals surface area contributed by atoms with Crippen LogP contribution in [0.1, 0.15) is 32.5 Å². The number of esters is 2. The van der Waals surface area contributed by atoms with Crippen LogP contribution >= 0.6 is 0 Å². The minimum absolute atomic E-state index is 0.339. The van der Waals surface area contributed by atoms with Crippen LogP contribution in [0.3, 0.4) is 0 Å². The standard InChI is InChI=1S/C16H13NO4/c1-20-15(18)10-6-8-11(9-7-10)17-14-12-4-2-3-5-13(12)16(19)21-14/h2-9,14,17H,1H3. The highest BCUT2D eigenvalue weighted by molar-refractivity contribution is 5.94. The van der Waals surface area contributed by atoms with E-state index in [4.69, 9.17) is 4.74 Å². The zero-order valence-corrected chi connectivity index (χ0v) is 11.3. The van der Waals surface area contributed by atoms with Crippen molar-refractivity contribution in [3.8, 4) is 0 Å². The van der Waals surface area contributed by atoms with Crippen molar-refractivity contribution >= 4 is 17.6 Å². The molecule has 0 saturated carbocycles. The molecule has 1 atom stereocenters. The van der Waals surface area contributed by atoms with Crippen molar-refractivity contribution in [1.82, 2.24) is 0 Å². The number of fused-ring (bicyclic) bond motifs is 1. The number of carbonyl (C=O) groups is 2. The molecule has 0 fully saturated rings. The van der Waals surface area contributed by atoms with Gasteiger partial charge >= 0.3 is 11.9 Å². The molecule has 1 heterocycles. The number of rotatable bonds is 3. The van der Waals surface area contributed by atoms with E-state index in [-0.39, 0.29) is 11.9 Å². The number of benzene rings is 2. The molecule has 1 aliphatic heterocycles. The van der Waals surface area contributed by atoms with E-state index in [9.17, 15) is 9.59 Å². The van der Waals surface area contributed by atoms with Gasteiger partial charge in [0.15, 0.2) is 0 Å². The quantitative estimate of drug-likeness (QED) is 0.877. The van der Waals surface area contributed by atoms with Crippen LogP contribution in [-0.2, 0) is 9.47 Å². The molecule has 3 rings (SSSR count). The van der Waals surface area contributed by atoms with Gasteiger partial charge in [-0.15, -0.1) is 0 Å². The summed E-state index contributed by atoms with van der Waals surface area (Å²) < 4.78 is 9.93. The highest BCUT2D eigenvalue weighted by Crippen LogP contribution is 2.31. The van der Waals surface area contributed by atoms with Gasteiger partial charge in [0.05, 0.1) is 18.2 Å². The number of cyclic esters (lactones) is 1. The molecular formula is C16H13NO4. The molecule has 5 heteroatoms. The van der Waals surface area contributed by atoms with Gasteiger partial charge in [-0.2, -0.15) is 0 Å². The second-order valence-electron chi connectivity index (χ2n) is 4.59. The predicted molar refractivity (Wildman–Crippen MR) is 76.0 cm³/mol. The Hall–Kier alpha value is -2.82. The third-order valence-corrected chi connectivity index (χ3v) is 3.29. The summed E-state index contributed by atoms with van der Waals surface area (Å²) in [6.07, 6.45) is -0.516. The maximum atomic E-state index is 11.7. The molecule has 1 N–H and O–H groups in total. The summed E-state index contributed by atoms with van der Waals surface area (Å²) in [7, 11) is 1.34. The highest BCUT2D eigenvalue weighted by Gasteiger charge is 2.30. The first-order valence-corrected chi connectivity index (χ1v) is 6.44. The normalized spacial score (nSPS) is 16.0. The third-order valence-electron chi connectivity index (χ3n) is 3.29. The summed E-state index contributed by atoms with van der Waals surface area (Å²) in [6, 6.07) is 14.0. The van der Waals surface area contributed by atoms with E-state index in [1.165, 1.54) is 7.11 Å². The monoisotopic (exact) mass is 283 g/mol. The molecule has 1 aliphatic rings. The molecule has 0 bridgehead atoms. The molecule has 106 valence electrons. The van der Waals surface area contributed by atoms with Crippen LogP contribution in [0.5, 0.6) is 0 Å². The minimum atomic E-state index is -0.516. The number of methoxy groups -OCH3 is 1. The van der Waals surface area contributed by atoms with E-state index in [0.717, 1.165) is 11.3 Å². The van der Waals surface area contributed by atoms with E-state index < -0.39 is 6.23 Å². The molecule has 2 aromatic carbocycles. The Morgan fingerprint density at radius 2 is 1.86 bits per heavy atom. The maximum absolute atomic E-state index is 11.7. The summed E-state index contributed by atoms with van der Waals surface area (Å²) in [5.41, 5.74) is 2.59. The molecule has 1 unspecified atom stereocenters. The smallest absolute Gasteiger partial charge is 0.340 e. The number of hydrogen-bond acceptors (Lipinski definition) is 5. The summed E-state index contributed by atoms with van der Waals surface area (Å²) in [5, 5.41) is 3.12. The van der Waals surface area contributed by atoms with Crippen molar-refractivity contribution < 1.29 is 19.1 Å². The summed E-state index contributed by atoms with van der Waals surface area (Å²) in [6.45, 7) is 0. The Kier molecular flexibility index (Phi) is 3.31. The van der Waals surface area contributed by atoms with Crippen molar-refractivity contribution in [3.05, 3.63) is 65.2 Å². The van der Waals surface area contributed by atoms with Gasteiger partial charge in [-0.1, -0.05) is 18.2 Å². The van der Waals surface area contributed by atoms with Gasteiger partial charge in [0, 0.05) is 11.3 Å². The van der Waals surface area contributed by atoms with Crippen molar-refractivity contribution in [2.24, 2.45) is 0 Å². The summed E-state index contributed by atoms with van der Waals surface area (Å²) in [4.78, 5) is 23.1. The molecule has 0 spiro atoms. The van der Waals surface area contributed by atoms with Crippen LogP contribution in [0.25, 0.3) is 0 Å². The lowest BCUT2D eigenvalue weighted by atomic mass is 10.1. The van der Waals surface area contributed by atoms with Gasteiger partial charge in [0.2, 0.25) is 6.23 Å². The first-order valence-electron chi connectivity index (χ1n) is 6.44. The summed E-state index contributed by atoms with van der Waals surface area (Å²) in [5.74, 6) is -0.728. The van der Waals surface area contributed by atoms with Crippen LogP contribution in [-0.4, -0.2) is 19.0 Å². The van der Waals surface area contributed by atoms with E-state index in [1.807, 2.05) is 12.1 Å². The molecule has 0 aliphatic carbocycles. The SMILES string of the molecule is COC(=O)c1ccc(NC2OC(=O)c3ccccc32)cc1. The zero-order valence-electron chi connectivity index (χ0n) is 11.3. The van der Waals surface area contributed by atoms with E-state index in [1.54, 1.807) is 36.4 Å². The van der Waals surface area contributed by atoms with Crippen LogP contribution in [0, 0.1) is 0 Å². The van der Waals surface area contributed by atoms with Gasteiger partial charge < -0.3 is 14.8 Å². The largest absolute Gasteiger partial charge is 0.465 e. The van der Waals surface area contributed by atoms with Crippen LogP contribution in [0.4, 0.5) is 5.69 Å². The number of anilines is 1. The number of hydrogen-bond donors (Lipinski definition) is 1. The van der Waals surface area contributed by atoms with E-state index in [0.29, 0.717) is 11.1 Å². The molecule has 0 saturated heterocycles. The number of nitrogens with one attached hydrogen (secondary N) is 1. The van der Waals surface area contributed by atoms with Gasteiger partial charge in [0.1, 0.15) is 0 Å². The molecule has 5 nitrogen and oxygen atoms in total. The second-order valence-corrected chi connectivity index (χ2v) is 4.59. The van der Waals surface area contributed by atoms with Gasteiger partial charge in [0.25, 0.3) is 0 Å². The lowest BCUT2D eigenvalue weighted by Crippen LogP contribution is -2.10. The lowest BCUT2D eigenvalue weighted by Gasteiger charge is -2.14. The molecular weight excluding hydrogens is 270 g/mol. The van der Waals surface area contributed by atoms with Crippen LogP contribution < -0.4 is 5.32 Å². The average molecular weight is 283 g/mol. The fraction of sp³-hybridized carbons (Fsp3) is 0.125. The van der Waals surface area contributed by atoms with Gasteiger partial charge in [-0.3, -0.25) is 0 Å². The predicted octanol–water partition coefficient (Wildman–Crippen LogP) is 2.75. The summed E-state index contributed by atoms with van der Waals surface area (Å²) >= 11 is 0.